The lowest BCUT2D eigenvalue weighted by molar-refractivity contribution is -0.142. The third-order valence-corrected chi connectivity index (χ3v) is 6.85. The van der Waals surface area contributed by atoms with Crippen LogP contribution in [0.3, 0.4) is 0 Å². The van der Waals surface area contributed by atoms with Crippen LogP contribution in [-0.4, -0.2) is 65.0 Å². The zero-order chi connectivity index (χ0) is 17.9. The Bertz CT molecular complexity index is 614. The maximum absolute atomic E-state index is 12.7. The molecular formula is C19H27N3O2S. The average Bonchev–Trinajstić information content (AvgIpc) is 2.98. The van der Waals surface area contributed by atoms with Crippen molar-refractivity contribution in [3.05, 3.63) is 35.9 Å². The number of hydrogen-bond acceptors (Lipinski definition) is 4. The first-order valence-corrected chi connectivity index (χ1v) is 9.94. The van der Waals surface area contributed by atoms with Gasteiger partial charge in [-0.25, -0.2) is 0 Å². The van der Waals surface area contributed by atoms with Gasteiger partial charge in [0.15, 0.2) is 0 Å². The van der Waals surface area contributed by atoms with Gasteiger partial charge in [0, 0.05) is 32.3 Å². The average molecular weight is 362 g/mol. The second-order valence-electron chi connectivity index (χ2n) is 6.99. The molecule has 0 aromatic heterocycles. The van der Waals surface area contributed by atoms with Crippen LogP contribution < -0.4 is 5.32 Å². The Balaban J connectivity index is 1.61. The Morgan fingerprint density at radius 3 is 2.56 bits per heavy atom. The summed E-state index contributed by atoms with van der Waals surface area (Å²) in [5, 5.41) is 3.03. The molecule has 1 aromatic carbocycles. The predicted molar refractivity (Wildman–Crippen MR) is 101 cm³/mol. The molecule has 0 bridgehead atoms. The topological polar surface area (TPSA) is 52.7 Å². The highest BCUT2D eigenvalue weighted by Gasteiger charge is 2.51. The number of nitrogens with zero attached hydrogens (tertiary/aromatic N) is 2. The first-order chi connectivity index (χ1) is 12.0. The van der Waals surface area contributed by atoms with Crippen LogP contribution in [0.15, 0.2) is 30.3 Å². The van der Waals surface area contributed by atoms with Crippen LogP contribution in [0.25, 0.3) is 0 Å². The molecule has 3 rings (SSSR count). The molecule has 6 heteroatoms. The van der Waals surface area contributed by atoms with Crippen molar-refractivity contribution in [3.63, 3.8) is 0 Å². The molecule has 136 valence electrons. The van der Waals surface area contributed by atoms with Crippen molar-refractivity contribution in [1.29, 1.82) is 0 Å². The molecule has 2 saturated heterocycles. The molecular weight excluding hydrogens is 334 g/mol. The van der Waals surface area contributed by atoms with Gasteiger partial charge >= 0.3 is 0 Å². The molecule has 0 saturated carbocycles. The highest BCUT2D eigenvalue weighted by molar-refractivity contribution is 8.01. The normalized spacial score (nSPS) is 23.0. The van der Waals surface area contributed by atoms with E-state index in [1.807, 2.05) is 23.1 Å². The van der Waals surface area contributed by atoms with Gasteiger partial charge in [0.05, 0.1) is 4.87 Å². The molecule has 2 fully saturated rings. The third-order valence-electron chi connectivity index (χ3n) is 5.23. The van der Waals surface area contributed by atoms with Crippen LogP contribution in [0.1, 0.15) is 25.3 Å². The summed E-state index contributed by atoms with van der Waals surface area (Å²) in [6, 6.07) is 9.78. The third kappa shape index (κ3) is 4.01. The maximum Gasteiger partial charge on any atom is 0.243 e. The van der Waals surface area contributed by atoms with Gasteiger partial charge in [0.25, 0.3) is 0 Å². The van der Waals surface area contributed by atoms with Gasteiger partial charge in [0.2, 0.25) is 11.8 Å². The number of hydrogen-bond donors (Lipinski definition) is 1. The van der Waals surface area contributed by atoms with Gasteiger partial charge in [-0.2, -0.15) is 0 Å². The molecule has 1 atom stereocenters. The minimum absolute atomic E-state index is 0.0118. The maximum atomic E-state index is 12.7. The number of carbonyl (C=O) groups is 2. The van der Waals surface area contributed by atoms with Gasteiger partial charge in [-0.1, -0.05) is 30.3 Å². The van der Waals surface area contributed by atoms with Gasteiger partial charge in [-0.3, -0.25) is 9.59 Å². The minimum Gasteiger partial charge on any atom is -0.354 e. The van der Waals surface area contributed by atoms with Crippen molar-refractivity contribution in [2.24, 2.45) is 0 Å². The zero-order valence-corrected chi connectivity index (χ0v) is 15.8. The smallest absolute Gasteiger partial charge is 0.243 e. The van der Waals surface area contributed by atoms with Crippen molar-refractivity contribution in [3.8, 4) is 0 Å². The van der Waals surface area contributed by atoms with Crippen LogP contribution in [0, 0.1) is 0 Å². The van der Waals surface area contributed by atoms with E-state index in [1.54, 1.807) is 18.7 Å². The van der Waals surface area contributed by atoms with Crippen LogP contribution in [0.4, 0.5) is 0 Å². The molecule has 1 N–H and O–H groups in total. The van der Waals surface area contributed by atoms with E-state index < -0.39 is 0 Å². The second-order valence-corrected chi connectivity index (χ2v) is 8.37. The summed E-state index contributed by atoms with van der Waals surface area (Å²) in [6.07, 6.45) is 2.67. The van der Waals surface area contributed by atoms with Crippen molar-refractivity contribution in [2.45, 2.75) is 37.1 Å². The highest BCUT2D eigenvalue weighted by atomic mass is 32.2. The fourth-order valence-electron chi connectivity index (χ4n) is 3.81. The Morgan fingerprint density at radius 1 is 1.24 bits per heavy atom. The molecule has 0 radical (unpaired) electrons. The Hall–Kier alpha value is -1.53. The number of benzene rings is 1. The summed E-state index contributed by atoms with van der Waals surface area (Å²) in [6.45, 7) is 4.14. The van der Waals surface area contributed by atoms with Gasteiger partial charge < -0.3 is 15.1 Å². The number of thioether (sulfide) groups is 1. The van der Waals surface area contributed by atoms with Crippen molar-refractivity contribution < 1.29 is 9.59 Å². The fourth-order valence-corrected chi connectivity index (χ4v) is 5.44. The van der Waals surface area contributed by atoms with E-state index in [4.69, 9.17) is 0 Å². The Kier molecular flexibility index (Phi) is 5.69. The van der Waals surface area contributed by atoms with Crippen LogP contribution in [-0.2, 0) is 16.0 Å². The molecule has 2 aliphatic heterocycles. The fraction of sp³-hybridized carbons (Fsp3) is 0.579. The van der Waals surface area contributed by atoms with Crippen molar-refractivity contribution in [2.75, 3.05) is 32.4 Å². The lowest BCUT2D eigenvalue weighted by Crippen LogP contribution is -2.57. The van der Waals surface area contributed by atoms with Gasteiger partial charge in [-0.05, 0) is 31.9 Å². The van der Waals surface area contributed by atoms with Crippen LogP contribution in [0.2, 0.25) is 0 Å². The monoisotopic (exact) mass is 361 g/mol. The van der Waals surface area contributed by atoms with E-state index in [-0.39, 0.29) is 22.7 Å². The van der Waals surface area contributed by atoms with Crippen molar-refractivity contribution >= 4 is 23.6 Å². The molecule has 1 aromatic rings. The van der Waals surface area contributed by atoms with E-state index in [9.17, 15) is 9.59 Å². The number of likely N-dealkylation sites (tertiary alicyclic amines) is 1. The molecule has 25 heavy (non-hydrogen) atoms. The number of piperidine rings is 1. The molecule has 2 amide bonds. The SMILES string of the molecule is CC(=O)N1C(C(=O)NCCc2ccccc2)CSC12CCN(C)CC2. The van der Waals surface area contributed by atoms with E-state index in [2.05, 4.69) is 29.4 Å². The van der Waals surface area contributed by atoms with E-state index >= 15 is 0 Å². The summed E-state index contributed by atoms with van der Waals surface area (Å²) in [7, 11) is 2.11. The summed E-state index contributed by atoms with van der Waals surface area (Å²) >= 11 is 1.79. The van der Waals surface area contributed by atoms with Crippen LogP contribution in [0.5, 0.6) is 0 Å². The Labute approximate surface area is 154 Å². The van der Waals surface area contributed by atoms with Gasteiger partial charge in [-0.15, -0.1) is 11.8 Å². The quantitative estimate of drug-likeness (QED) is 0.887. The Morgan fingerprint density at radius 2 is 1.92 bits per heavy atom. The van der Waals surface area contributed by atoms with Crippen molar-refractivity contribution in [1.82, 2.24) is 15.1 Å². The number of carbonyl (C=O) groups excluding carboxylic acids is 2. The summed E-state index contributed by atoms with van der Waals surface area (Å²) in [5.41, 5.74) is 1.21. The van der Waals surface area contributed by atoms with Gasteiger partial charge in [0.1, 0.15) is 6.04 Å². The summed E-state index contributed by atoms with van der Waals surface area (Å²) < 4.78 is 0. The molecule has 5 nitrogen and oxygen atoms in total. The van der Waals surface area contributed by atoms with Crippen LogP contribution >= 0.6 is 11.8 Å². The number of rotatable bonds is 4. The minimum atomic E-state index is -0.346. The van der Waals surface area contributed by atoms with E-state index in [0.717, 1.165) is 32.4 Å². The molecule has 2 heterocycles. The van der Waals surface area contributed by atoms with E-state index in [0.29, 0.717) is 12.3 Å². The number of nitrogens with one attached hydrogen (secondary N) is 1. The molecule has 1 unspecified atom stereocenters. The standard InChI is InChI=1S/C19H27N3O2S/c1-15(23)22-17(14-25-19(22)9-12-21(2)13-10-19)18(24)20-11-8-16-6-4-3-5-7-16/h3-7,17H,8-14H2,1-2H3,(H,20,24). The first-order valence-electron chi connectivity index (χ1n) is 8.96. The largest absolute Gasteiger partial charge is 0.354 e. The first kappa shape index (κ1) is 18.3. The van der Waals surface area contributed by atoms with E-state index in [1.165, 1.54) is 5.56 Å². The molecule has 1 spiro atoms. The molecule has 0 aliphatic carbocycles. The second kappa shape index (κ2) is 7.79. The highest BCUT2D eigenvalue weighted by Crippen LogP contribution is 2.46. The lowest BCUT2D eigenvalue weighted by Gasteiger charge is -2.44. The summed E-state index contributed by atoms with van der Waals surface area (Å²) in [4.78, 5) is 29.0. The zero-order valence-electron chi connectivity index (χ0n) is 15.0. The summed E-state index contributed by atoms with van der Waals surface area (Å²) in [5.74, 6) is 0.688. The lowest BCUT2D eigenvalue weighted by atomic mass is 10.0. The molecule has 2 aliphatic rings. The number of amides is 2. The predicted octanol–water partition coefficient (Wildman–Crippen LogP) is 1.73.